The molecule has 1 aromatic rings. The molecule has 0 amide bonds. The Kier molecular flexibility index (Phi) is 5.29. The molecule has 2 nitrogen and oxygen atoms in total. The van der Waals surface area contributed by atoms with E-state index in [9.17, 15) is 0 Å². The number of ether oxygens (including phenoxy) is 1. The first-order valence-electron chi connectivity index (χ1n) is 6.43. The van der Waals surface area contributed by atoms with Gasteiger partial charge in [0.05, 0.1) is 13.2 Å². The van der Waals surface area contributed by atoms with E-state index < -0.39 is 0 Å². The zero-order valence-corrected chi connectivity index (χ0v) is 11.8. The summed E-state index contributed by atoms with van der Waals surface area (Å²) in [6.45, 7) is 9.20. The number of hydrogen-bond donors (Lipinski definition) is 1. The molecule has 0 spiro atoms. The number of hydrogen-bond acceptors (Lipinski definition) is 3. The number of fused-ring (bicyclic) bond motifs is 1. The third kappa shape index (κ3) is 4.16. The van der Waals surface area contributed by atoms with E-state index in [1.165, 1.54) is 16.9 Å². The monoisotopic (exact) mass is 263 g/mol. The molecule has 0 saturated heterocycles. The number of rotatable bonds is 7. The first kappa shape index (κ1) is 13.7. The van der Waals surface area contributed by atoms with Crippen molar-refractivity contribution < 1.29 is 4.74 Å². The van der Waals surface area contributed by atoms with Crippen molar-refractivity contribution in [3.05, 3.63) is 42.0 Å². The third-order valence-electron chi connectivity index (χ3n) is 2.86. The molecule has 1 N–H and O–H groups in total. The van der Waals surface area contributed by atoms with E-state index in [0.29, 0.717) is 11.9 Å². The van der Waals surface area contributed by atoms with Crippen LogP contribution >= 0.6 is 11.8 Å². The summed E-state index contributed by atoms with van der Waals surface area (Å²) in [6.07, 6.45) is 1.18. The van der Waals surface area contributed by atoms with E-state index in [-0.39, 0.29) is 0 Å². The summed E-state index contributed by atoms with van der Waals surface area (Å²) in [6, 6.07) is 8.70. The van der Waals surface area contributed by atoms with E-state index in [2.05, 4.69) is 36.2 Å². The van der Waals surface area contributed by atoms with Crippen LogP contribution in [0.2, 0.25) is 0 Å². The van der Waals surface area contributed by atoms with E-state index in [1.807, 2.05) is 18.7 Å². The Labute approximate surface area is 114 Å². The van der Waals surface area contributed by atoms with E-state index in [4.69, 9.17) is 4.74 Å². The minimum Gasteiger partial charge on any atom is -0.376 e. The molecule has 0 saturated carbocycles. The summed E-state index contributed by atoms with van der Waals surface area (Å²) in [7, 11) is 0. The molecule has 2 rings (SSSR count). The van der Waals surface area contributed by atoms with Crippen molar-refractivity contribution in [1.29, 1.82) is 0 Å². The molecule has 1 heterocycles. The summed E-state index contributed by atoms with van der Waals surface area (Å²) >= 11 is 1.99. The molecule has 0 aliphatic carbocycles. The predicted octanol–water partition coefficient (Wildman–Crippen LogP) is 2.89. The van der Waals surface area contributed by atoms with Crippen molar-refractivity contribution in [2.45, 2.75) is 23.5 Å². The van der Waals surface area contributed by atoms with Gasteiger partial charge < -0.3 is 10.1 Å². The van der Waals surface area contributed by atoms with Gasteiger partial charge in [-0.25, -0.2) is 0 Å². The topological polar surface area (TPSA) is 21.3 Å². The van der Waals surface area contributed by atoms with Gasteiger partial charge in [-0.05, 0) is 25.0 Å². The van der Waals surface area contributed by atoms with Crippen molar-refractivity contribution in [1.82, 2.24) is 5.32 Å². The molecule has 98 valence electrons. The molecule has 1 aliphatic heterocycles. The van der Waals surface area contributed by atoms with Gasteiger partial charge >= 0.3 is 0 Å². The second-order valence-electron chi connectivity index (χ2n) is 4.77. The minimum absolute atomic E-state index is 0.670. The lowest BCUT2D eigenvalue weighted by Crippen LogP contribution is -2.27. The SMILES string of the molecule is C=C(C)COCCNCC1Cc2ccccc2S1. The van der Waals surface area contributed by atoms with Crippen LogP contribution in [-0.2, 0) is 11.2 Å². The van der Waals surface area contributed by atoms with Crippen LogP contribution < -0.4 is 5.32 Å². The van der Waals surface area contributed by atoms with Crippen molar-refractivity contribution in [2.24, 2.45) is 0 Å². The molecule has 0 fully saturated rings. The summed E-state index contributed by atoms with van der Waals surface area (Å²) in [5.74, 6) is 0. The third-order valence-corrected chi connectivity index (χ3v) is 4.18. The van der Waals surface area contributed by atoms with Crippen molar-refractivity contribution >= 4 is 11.8 Å². The van der Waals surface area contributed by atoms with Gasteiger partial charge in [-0.15, -0.1) is 11.8 Å². The van der Waals surface area contributed by atoms with Crippen LogP contribution in [0.3, 0.4) is 0 Å². The second-order valence-corrected chi connectivity index (χ2v) is 6.11. The molecule has 0 aromatic heterocycles. The highest BCUT2D eigenvalue weighted by Gasteiger charge is 2.20. The minimum atomic E-state index is 0.670. The van der Waals surface area contributed by atoms with Gasteiger partial charge in [0, 0.05) is 23.2 Å². The van der Waals surface area contributed by atoms with Gasteiger partial charge in [0.1, 0.15) is 0 Å². The summed E-state index contributed by atoms with van der Waals surface area (Å²) < 4.78 is 5.45. The molecule has 1 unspecified atom stereocenters. The first-order chi connectivity index (χ1) is 8.75. The highest BCUT2D eigenvalue weighted by Crippen LogP contribution is 2.36. The quantitative estimate of drug-likeness (QED) is 0.604. The molecule has 1 aliphatic rings. The van der Waals surface area contributed by atoms with Crippen LogP contribution in [0, 0.1) is 0 Å². The Morgan fingerprint density at radius 3 is 3.11 bits per heavy atom. The molecule has 18 heavy (non-hydrogen) atoms. The number of benzene rings is 1. The Morgan fingerprint density at radius 2 is 2.33 bits per heavy atom. The normalized spacial score (nSPS) is 17.7. The summed E-state index contributed by atoms with van der Waals surface area (Å²) in [5.41, 5.74) is 2.57. The summed E-state index contributed by atoms with van der Waals surface area (Å²) in [4.78, 5) is 1.45. The highest BCUT2D eigenvalue weighted by atomic mass is 32.2. The lowest BCUT2D eigenvalue weighted by molar-refractivity contribution is 0.158. The van der Waals surface area contributed by atoms with Crippen molar-refractivity contribution in [2.75, 3.05) is 26.3 Å². The maximum atomic E-state index is 5.45. The second kappa shape index (κ2) is 6.98. The Bertz CT molecular complexity index is 380. The zero-order valence-electron chi connectivity index (χ0n) is 10.9. The fourth-order valence-electron chi connectivity index (χ4n) is 2.02. The van der Waals surface area contributed by atoms with Gasteiger partial charge in [0.15, 0.2) is 0 Å². The average Bonchev–Trinajstić information content (AvgIpc) is 2.75. The van der Waals surface area contributed by atoms with E-state index in [1.54, 1.807) is 0 Å². The maximum Gasteiger partial charge on any atom is 0.0672 e. The van der Waals surface area contributed by atoms with Crippen LogP contribution in [-0.4, -0.2) is 31.6 Å². The van der Waals surface area contributed by atoms with Crippen LogP contribution in [0.4, 0.5) is 0 Å². The van der Waals surface area contributed by atoms with Crippen LogP contribution in [0.5, 0.6) is 0 Å². The largest absolute Gasteiger partial charge is 0.376 e. The lowest BCUT2D eigenvalue weighted by Gasteiger charge is -2.10. The molecule has 1 atom stereocenters. The molecule has 0 radical (unpaired) electrons. The smallest absolute Gasteiger partial charge is 0.0672 e. The molecular weight excluding hydrogens is 242 g/mol. The molecular formula is C15H21NOS. The highest BCUT2D eigenvalue weighted by molar-refractivity contribution is 8.00. The van der Waals surface area contributed by atoms with Crippen molar-refractivity contribution in [3.63, 3.8) is 0 Å². The average molecular weight is 263 g/mol. The Morgan fingerprint density at radius 1 is 1.50 bits per heavy atom. The van der Waals surface area contributed by atoms with Crippen LogP contribution in [0.1, 0.15) is 12.5 Å². The van der Waals surface area contributed by atoms with E-state index in [0.717, 1.165) is 25.3 Å². The summed E-state index contributed by atoms with van der Waals surface area (Å²) in [5, 5.41) is 4.13. The number of nitrogens with one attached hydrogen (secondary N) is 1. The standard InChI is InChI=1S/C15H21NOS/c1-12(2)11-17-8-7-16-10-14-9-13-5-3-4-6-15(13)18-14/h3-6,14,16H,1,7-11H2,2H3. The van der Waals surface area contributed by atoms with Crippen LogP contribution in [0.15, 0.2) is 41.3 Å². The lowest BCUT2D eigenvalue weighted by atomic mass is 10.1. The molecule has 3 heteroatoms. The van der Waals surface area contributed by atoms with Crippen LogP contribution in [0.25, 0.3) is 0 Å². The van der Waals surface area contributed by atoms with E-state index >= 15 is 0 Å². The van der Waals surface area contributed by atoms with Crippen molar-refractivity contribution in [3.8, 4) is 0 Å². The maximum absolute atomic E-state index is 5.45. The van der Waals surface area contributed by atoms with Gasteiger partial charge in [-0.3, -0.25) is 0 Å². The first-order valence-corrected chi connectivity index (χ1v) is 7.31. The molecule has 1 aromatic carbocycles. The van der Waals surface area contributed by atoms with Gasteiger partial charge in [0.25, 0.3) is 0 Å². The van der Waals surface area contributed by atoms with Gasteiger partial charge in [0.2, 0.25) is 0 Å². The fourth-order valence-corrected chi connectivity index (χ4v) is 3.30. The molecule has 0 bridgehead atoms. The Balaban J connectivity index is 1.58. The predicted molar refractivity (Wildman–Crippen MR) is 78.3 cm³/mol. The fraction of sp³-hybridized carbons (Fsp3) is 0.467. The Hall–Kier alpha value is -0.770. The number of thioether (sulfide) groups is 1. The van der Waals surface area contributed by atoms with Gasteiger partial charge in [-0.1, -0.05) is 30.4 Å². The zero-order chi connectivity index (χ0) is 12.8. The van der Waals surface area contributed by atoms with Gasteiger partial charge in [-0.2, -0.15) is 0 Å².